The van der Waals surface area contributed by atoms with Gasteiger partial charge in [-0.15, -0.1) is 0 Å². The zero-order valence-corrected chi connectivity index (χ0v) is 15.1. The van der Waals surface area contributed by atoms with Crippen LogP contribution in [0.15, 0.2) is 30.6 Å². The van der Waals surface area contributed by atoms with Crippen molar-refractivity contribution in [1.82, 2.24) is 20.1 Å². The normalized spacial score (nSPS) is 21.7. The van der Waals surface area contributed by atoms with Crippen molar-refractivity contribution in [2.45, 2.75) is 58.2 Å². The van der Waals surface area contributed by atoms with Crippen LogP contribution in [0.4, 0.5) is 0 Å². The molecule has 134 valence electrons. The first-order chi connectivity index (χ1) is 12.0. The lowest BCUT2D eigenvalue weighted by molar-refractivity contribution is -0.124. The number of ether oxygens (including phenoxy) is 1. The van der Waals surface area contributed by atoms with E-state index in [0.29, 0.717) is 6.42 Å². The number of carbonyl (C=O) groups is 1. The molecule has 3 atom stereocenters. The van der Waals surface area contributed by atoms with E-state index in [4.69, 9.17) is 4.74 Å². The van der Waals surface area contributed by atoms with Gasteiger partial charge >= 0.3 is 0 Å². The molecule has 1 N–H and O–H groups in total. The Morgan fingerprint density at radius 2 is 2.16 bits per heavy atom. The maximum absolute atomic E-state index is 12.6. The Morgan fingerprint density at radius 3 is 2.84 bits per heavy atom. The number of hydrogen-bond donors (Lipinski definition) is 1. The fourth-order valence-electron chi connectivity index (χ4n) is 3.52. The van der Waals surface area contributed by atoms with Crippen molar-refractivity contribution in [2.75, 3.05) is 6.61 Å². The third-order valence-corrected chi connectivity index (χ3v) is 4.65. The number of rotatable bonds is 5. The predicted octanol–water partition coefficient (Wildman–Crippen LogP) is 2.88. The zero-order chi connectivity index (χ0) is 17.8. The van der Waals surface area contributed by atoms with E-state index in [-0.39, 0.29) is 24.1 Å². The van der Waals surface area contributed by atoms with Crippen LogP contribution in [0.25, 0.3) is 0 Å². The molecule has 2 aromatic heterocycles. The molecule has 6 heteroatoms. The van der Waals surface area contributed by atoms with Crippen molar-refractivity contribution >= 4 is 5.91 Å². The van der Waals surface area contributed by atoms with E-state index >= 15 is 0 Å². The highest BCUT2D eigenvalue weighted by molar-refractivity contribution is 5.76. The van der Waals surface area contributed by atoms with Crippen LogP contribution < -0.4 is 5.32 Å². The van der Waals surface area contributed by atoms with Crippen molar-refractivity contribution in [1.29, 1.82) is 0 Å². The molecular formula is C19H26N4O2. The Hall–Kier alpha value is -2.21. The van der Waals surface area contributed by atoms with Gasteiger partial charge in [-0.05, 0) is 57.4 Å². The SMILES string of the molecule is Cc1cc(C)n(C(C)CC(=O)N[C@H]2CCCO[C@@H]2c2ccncc2)n1. The number of aromatic nitrogens is 3. The standard InChI is InChI=1S/C19H26N4O2/c1-13-11-14(2)23(22-13)15(3)12-18(24)21-17-5-4-10-25-19(17)16-6-8-20-9-7-16/h6-9,11,15,17,19H,4-5,10,12H2,1-3H3,(H,21,24)/t15?,17-,19+/m0/s1. The Morgan fingerprint density at radius 1 is 1.40 bits per heavy atom. The quantitative estimate of drug-likeness (QED) is 0.907. The highest BCUT2D eigenvalue weighted by atomic mass is 16.5. The summed E-state index contributed by atoms with van der Waals surface area (Å²) in [5.74, 6) is 0.0367. The summed E-state index contributed by atoms with van der Waals surface area (Å²) in [5.41, 5.74) is 3.11. The second kappa shape index (κ2) is 7.78. The summed E-state index contributed by atoms with van der Waals surface area (Å²) < 4.78 is 7.85. The van der Waals surface area contributed by atoms with Crippen LogP contribution in [0.1, 0.15) is 55.3 Å². The van der Waals surface area contributed by atoms with Gasteiger partial charge in [0.05, 0.1) is 17.8 Å². The lowest BCUT2D eigenvalue weighted by Crippen LogP contribution is -2.43. The lowest BCUT2D eigenvalue weighted by atomic mass is 9.96. The lowest BCUT2D eigenvalue weighted by Gasteiger charge is -2.33. The monoisotopic (exact) mass is 342 g/mol. The molecule has 1 fully saturated rings. The Balaban J connectivity index is 1.63. The second-order valence-corrected chi connectivity index (χ2v) is 6.81. The van der Waals surface area contributed by atoms with E-state index in [1.54, 1.807) is 12.4 Å². The molecule has 2 aromatic rings. The molecule has 1 aliphatic heterocycles. The minimum atomic E-state index is -0.107. The summed E-state index contributed by atoms with van der Waals surface area (Å²) in [6, 6.07) is 5.96. The van der Waals surface area contributed by atoms with Gasteiger partial charge in [-0.3, -0.25) is 14.5 Å². The van der Waals surface area contributed by atoms with E-state index in [9.17, 15) is 4.79 Å². The number of aryl methyl sites for hydroxylation is 2. The van der Waals surface area contributed by atoms with Crippen LogP contribution in [-0.2, 0) is 9.53 Å². The molecular weight excluding hydrogens is 316 g/mol. The predicted molar refractivity (Wildman–Crippen MR) is 95.1 cm³/mol. The molecule has 1 amide bonds. The Bertz CT molecular complexity index is 713. The van der Waals surface area contributed by atoms with Crippen molar-refractivity contribution in [3.8, 4) is 0 Å². The fourth-order valence-corrected chi connectivity index (χ4v) is 3.52. The second-order valence-electron chi connectivity index (χ2n) is 6.81. The molecule has 6 nitrogen and oxygen atoms in total. The average molecular weight is 342 g/mol. The first-order valence-electron chi connectivity index (χ1n) is 8.88. The van der Waals surface area contributed by atoms with E-state index in [2.05, 4.69) is 15.4 Å². The maximum atomic E-state index is 12.6. The smallest absolute Gasteiger partial charge is 0.222 e. The molecule has 0 bridgehead atoms. The molecule has 3 heterocycles. The van der Waals surface area contributed by atoms with Gasteiger partial charge in [-0.25, -0.2) is 0 Å². The van der Waals surface area contributed by atoms with Gasteiger partial charge in [-0.2, -0.15) is 5.10 Å². The zero-order valence-electron chi connectivity index (χ0n) is 15.1. The number of pyridine rings is 1. The molecule has 1 aliphatic rings. The fraction of sp³-hybridized carbons (Fsp3) is 0.526. The number of hydrogen-bond acceptors (Lipinski definition) is 4. The van der Waals surface area contributed by atoms with E-state index in [1.165, 1.54) is 0 Å². The first-order valence-corrected chi connectivity index (χ1v) is 8.88. The van der Waals surface area contributed by atoms with E-state index < -0.39 is 0 Å². The van der Waals surface area contributed by atoms with Crippen molar-refractivity contribution < 1.29 is 9.53 Å². The molecule has 3 rings (SSSR count). The number of amides is 1. The molecule has 25 heavy (non-hydrogen) atoms. The molecule has 0 aliphatic carbocycles. The topological polar surface area (TPSA) is 69.0 Å². The third-order valence-electron chi connectivity index (χ3n) is 4.65. The molecule has 0 spiro atoms. The maximum Gasteiger partial charge on any atom is 0.222 e. The minimum Gasteiger partial charge on any atom is -0.371 e. The van der Waals surface area contributed by atoms with E-state index in [1.807, 2.05) is 43.7 Å². The van der Waals surface area contributed by atoms with Gasteiger partial charge in [0.25, 0.3) is 0 Å². The summed E-state index contributed by atoms with van der Waals surface area (Å²) in [6.07, 6.45) is 5.70. The van der Waals surface area contributed by atoms with Gasteiger partial charge in [0.15, 0.2) is 0 Å². The summed E-state index contributed by atoms with van der Waals surface area (Å²) in [7, 11) is 0. The summed E-state index contributed by atoms with van der Waals surface area (Å²) in [4.78, 5) is 16.6. The van der Waals surface area contributed by atoms with Gasteiger partial charge in [0, 0.05) is 31.1 Å². The third kappa shape index (κ3) is 4.25. The van der Waals surface area contributed by atoms with E-state index in [0.717, 1.165) is 36.4 Å². The minimum absolute atomic E-state index is 0.00342. The molecule has 0 aromatic carbocycles. The van der Waals surface area contributed by atoms with Crippen LogP contribution in [0.3, 0.4) is 0 Å². The Labute approximate surface area is 148 Å². The van der Waals surface area contributed by atoms with Crippen LogP contribution in [-0.4, -0.2) is 33.3 Å². The van der Waals surface area contributed by atoms with Crippen molar-refractivity contribution in [2.24, 2.45) is 0 Å². The summed E-state index contributed by atoms with van der Waals surface area (Å²) >= 11 is 0. The molecule has 1 saturated heterocycles. The molecule has 0 radical (unpaired) electrons. The van der Waals surface area contributed by atoms with Crippen LogP contribution in [0, 0.1) is 13.8 Å². The number of carbonyl (C=O) groups excluding carboxylic acids is 1. The summed E-state index contributed by atoms with van der Waals surface area (Å²) in [6.45, 7) is 6.73. The van der Waals surface area contributed by atoms with Gasteiger partial charge < -0.3 is 10.1 Å². The van der Waals surface area contributed by atoms with Crippen LogP contribution >= 0.6 is 0 Å². The van der Waals surface area contributed by atoms with Crippen molar-refractivity contribution in [3.05, 3.63) is 47.5 Å². The van der Waals surface area contributed by atoms with Crippen LogP contribution in [0.2, 0.25) is 0 Å². The van der Waals surface area contributed by atoms with Crippen LogP contribution in [0.5, 0.6) is 0 Å². The van der Waals surface area contributed by atoms with Gasteiger partial charge in [0.1, 0.15) is 6.10 Å². The molecule has 0 saturated carbocycles. The average Bonchev–Trinajstić information content (AvgIpc) is 2.94. The number of nitrogens with one attached hydrogen (secondary N) is 1. The van der Waals surface area contributed by atoms with Gasteiger partial charge in [-0.1, -0.05) is 0 Å². The highest BCUT2D eigenvalue weighted by Crippen LogP contribution is 2.28. The first kappa shape index (κ1) is 17.6. The van der Waals surface area contributed by atoms with Crippen molar-refractivity contribution in [3.63, 3.8) is 0 Å². The largest absolute Gasteiger partial charge is 0.371 e. The summed E-state index contributed by atoms with van der Waals surface area (Å²) in [5, 5.41) is 7.65. The number of nitrogens with zero attached hydrogens (tertiary/aromatic N) is 3. The molecule has 1 unspecified atom stereocenters. The van der Waals surface area contributed by atoms with Gasteiger partial charge in [0.2, 0.25) is 5.91 Å². The Kier molecular flexibility index (Phi) is 5.48. The highest BCUT2D eigenvalue weighted by Gasteiger charge is 2.29.